The van der Waals surface area contributed by atoms with Crippen molar-refractivity contribution in [2.45, 2.75) is 13.0 Å². The number of nitrogens with zero attached hydrogens (tertiary/aromatic N) is 1. The van der Waals surface area contributed by atoms with E-state index < -0.39 is 0 Å². The second-order valence-electron chi connectivity index (χ2n) is 4.41. The monoisotopic (exact) mass is 286 g/mol. The number of methoxy groups -OCH3 is 1. The molecule has 0 spiro atoms. The maximum absolute atomic E-state index is 9.20. The van der Waals surface area contributed by atoms with Crippen molar-refractivity contribution >= 4 is 17.3 Å². The van der Waals surface area contributed by atoms with Crippen LogP contribution in [0.4, 0.5) is 5.69 Å². The molecule has 0 fully saturated rings. The summed E-state index contributed by atoms with van der Waals surface area (Å²) in [6, 6.07) is 15.2. The van der Waals surface area contributed by atoms with Gasteiger partial charge in [0.25, 0.3) is 0 Å². The minimum absolute atomic E-state index is 0.0377. The molecule has 0 amide bonds. The number of nitrogens with one attached hydrogen (secondary N) is 1. The van der Waals surface area contributed by atoms with Gasteiger partial charge in [-0.25, -0.2) is 0 Å². The van der Waals surface area contributed by atoms with Crippen molar-refractivity contribution in [1.29, 1.82) is 5.26 Å². The molecule has 2 aromatic rings. The smallest absolute Gasteiger partial charge is 0.143 e. The Kier molecular flexibility index (Phi) is 4.49. The summed E-state index contributed by atoms with van der Waals surface area (Å²) in [5, 5.41) is 13.2. The first-order valence-corrected chi connectivity index (χ1v) is 6.62. The standard InChI is InChI=1S/C16H15ClN2O/c1-11(12-6-8-14(17)9-7-12)19-16-13(10-18)4-3-5-15(16)20-2/h3-9,11,19H,1-2H3. The SMILES string of the molecule is COc1cccc(C#N)c1NC(C)c1ccc(Cl)cc1. The molecule has 0 saturated heterocycles. The van der Waals surface area contributed by atoms with Gasteiger partial charge in [-0.1, -0.05) is 29.8 Å². The zero-order valence-corrected chi connectivity index (χ0v) is 12.1. The molecule has 0 heterocycles. The second-order valence-corrected chi connectivity index (χ2v) is 4.85. The number of anilines is 1. The van der Waals surface area contributed by atoms with Gasteiger partial charge in [-0.15, -0.1) is 0 Å². The molecule has 0 aromatic heterocycles. The Labute approximate surface area is 123 Å². The van der Waals surface area contributed by atoms with Gasteiger partial charge in [0.2, 0.25) is 0 Å². The number of hydrogen-bond donors (Lipinski definition) is 1. The van der Waals surface area contributed by atoms with Crippen molar-refractivity contribution in [3.05, 3.63) is 58.6 Å². The summed E-state index contributed by atoms with van der Waals surface area (Å²) in [5.41, 5.74) is 2.36. The molecule has 0 bridgehead atoms. The predicted molar refractivity (Wildman–Crippen MR) is 81.2 cm³/mol. The Balaban J connectivity index is 2.30. The van der Waals surface area contributed by atoms with Crippen LogP contribution in [-0.2, 0) is 0 Å². The highest BCUT2D eigenvalue weighted by Gasteiger charge is 2.12. The molecular weight excluding hydrogens is 272 g/mol. The predicted octanol–water partition coefficient (Wildman–Crippen LogP) is 4.39. The third kappa shape index (κ3) is 3.04. The van der Waals surface area contributed by atoms with Crippen LogP contribution in [0, 0.1) is 11.3 Å². The van der Waals surface area contributed by atoms with E-state index in [2.05, 4.69) is 11.4 Å². The van der Waals surface area contributed by atoms with Crippen molar-refractivity contribution in [2.75, 3.05) is 12.4 Å². The van der Waals surface area contributed by atoms with Crippen LogP contribution < -0.4 is 10.1 Å². The van der Waals surface area contributed by atoms with Gasteiger partial charge < -0.3 is 10.1 Å². The summed E-state index contributed by atoms with van der Waals surface area (Å²) >= 11 is 5.89. The van der Waals surface area contributed by atoms with E-state index >= 15 is 0 Å². The van der Waals surface area contributed by atoms with E-state index in [9.17, 15) is 5.26 Å². The van der Waals surface area contributed by atoms with Crippen LogP contribution in [0.25, 0.3) is 0 Å². The van der Waals surface area contributed by atoms with Crippen molar-refractivity contribution in [3.8, 4) is 11.8 Å². The molecule has 2 aromatic carbocycles. The summed E-state index contributed by atoms with van der Waals surface area (Å²) in [6.07, 6.45) is 0. The van der Waals surface area contributed by atoms with Gasteiger partial charge in [0, 0.05) is 11.1 Å². The molecule has 0 radical (unpaired) electrons. The summed E-state index contributed by atoms with van der Waals surface area (Å²) in [5.74, 6) is 0.657. The minimum atomic E-state index is 0.0377. The molecule has 102 valence electrons. The van der Waals surface area contributed by atoms with Crippen molar-refractivity contribution in [1.82, 2.24) is 0 Å². The molecule has 0 aliphatic carbocycles. The molecular formula is C16H15ClN2O. The first-order valence-electron chi connectivity index (χ1n) is 6.25. The van der Waals surface area contributed by atoms with Crippen LogP contribution >= 0.6 is 11.6 Å². The van der Waals surface area contributed by atoms with E-state index in [1.165, 1.54) is 0 Å². The van der Waals surface area contributed by atoms with Gasteiger partial charge in [-0.05, 0) is 36.8 Å². The normalized spacial score (nSPS) is 11.5. The molecule has 20 heavy (non-hydrogen) atoms. The highest BCUT2D eigenvalue weighted by molar-refractivity contribution is 6.30. The topological polar surface area (TPSA) is 45.0 Å². The van der Waals surface area contributed by atoms with Gasteiger partial charge in [-0.2, -0.15) is 5.26 Å². The summed E-state index contributed by atoms with van der Waals surface area (Å²) in [4.78, 5) is 0. The zero-order valence-electron chi connectivity index (χ0n) is 11.4. The summed E-state index contributed by atoms with van der Waals surface area (Å²) in [6.45, 7) is 2.02. The zero-order chi connectivity index (χ0) is 14.5. The third-order valence-electron chi connectivity index (χ3n) is 3.10. The van der Waals surface area contributed by atoms with E-state index in [1.807, 2.05) is 37.3 Å². The van der Waals surface area contributed by atoms with Crippen LogP contribution in [0.5, 0.6) is 5.75 Å². The van der Waals surface area contributed by atoms with Crippen LogP contribution in [0.3, 0.4) is 0 Å². The maximum atomic E-state index is 9.20. The van der Waals surface area contributed by atoms with E-state index in [-0.39, 0.29) is 6.04 Å². The van der Waals surface area contributed by atoms with Gasteiger partial charge in [0.1, 0.15) is 11.8 Å². The van der Waals surface area contributed by atoms with Gasteiger partial charge in [0.15, 0.2) is 0 Å². The molecule has 1 unspecified atom stereocenters. The summed E-state index contributed by atoms with van der Waals surface area (Å²) < 4.78 is 5.31. The van der Waals surface area contributed by atoms with E-state index in [0.717, 1.165) is 5.56 Å². The van der Waals surface area contributed by atoms with Crippen molar-refractivity contribution in [3.63, 3.8) is 0 Å². The number of rotatable bonds is 4. The lowest BCUT2D eigenvalue weighted by molar-refractivity contribution is 0.416. The van der Waals surface area contributed by atoms with Gasteiger partial charge in [-0.3, -0.25) is 0 Å². The molecule has 0 aliphatic heterocycles. The van der Waals surface area contributed by atoms with Gasteiger partial charge in [0.05, 0.1) is 18.4 Å². The molecule has 0 saturated carbocycles. The number of hydrogen-bond acceptors (Lipinski definition) is 3. The fourth-order valence-electron chi connectivity index (χ4n) is 1.99. The fraction of sp³-hybridized carbons (Fsp3) is 0.188. The number of benzene rings is 2. The van der Waals surface area contributed by atoms with Crippen LogP contribution in [0.1, 0.15) is 24.1 Å². The maximum Gasteiger partial charge on any atom is 0.143 e. The Morgan fingerprint density at radius 2 is 1.90 bits per heavy atom. The molecule has 3 nitrogen and oxygen atoms in total. The van der Waals surface area contributed by atoms with Crippen LogP contribution in [0.15, 0.2) is 42.5 Å². The molecule has 1 N–H and O–H groups in total. The fourth-order valence-corrected chi connectivity index (χ4v) is 2.12. The molecule has 0 aliphatic rings. The van der Waals surface area contributed by atoms with Crippen molar-refractivity contribution < 1.29 is 4.74 Å². The first-order chi connectivity index (χ1) is 9.65. The Morgan fingerprint density at radius 1 is 1.20 bits per heavy atom. The third-order valence-corrected chi connectivity index (χ3v) is 3.35. The molecule has 4 heteroatoms. The lowest BCUT2D eigenvalue weighted by Crippen LogP contribution is -2.09. The number of nitriles is 1. The second kappa shape index (κ2) is 6.31. The average molecular weight is 287 g/mol. The molecule has 1 atom stereocenters. The summed E-state index contributed by atoms with van der Waals surface area (Å²) in [7, 11) is 1.59. The minimum Gasteiger partial charge on any atom is -0.495 e. The quantitative estimate of drug-likeness (QED) is 0.906. The van der Waals surface area contributed by atoms with E-state index in [0.29, 0.717) is 22.0 Å². The highest BCUT2D eigenvalue weighted by atomic mass is 35.5. The van der Waals surface area contributed by atoms with E-state index in [4.69, 9.17) is 16.3 Å². The lowest BCUT2D eigenvalue weighted by Gasteiger charge is -2.19. The van der Waals surface area contributed by atoms with Gasteiger partial charge >= 0.3 is 0 Å². The largest absolute Gasteiger partial charge is 0.495 e. The Bertz CT molecular complexity index is 632. The number of ether oxygens (including phenoxy) is 1. The van der Waals surface area contributed by atoms with Crippen LogP contribution in [-0.4, -0.2) is 7.11 Å². The number of para-hydroxylation sites is 1. The highest BCUT2D eigenvalue weighted by Crippen LogP contribution is 2.31. The van der Waals surface area contributed by atoms with E-state index in [1.54, 1.807) is 19.2 Å². The number of halogens is 1. The van der Waals surface area contributed by atoms with Crippen molar-refractivity contribution in [2.24, 2.45) is 0 Å². The Morgan fingerprint density at radius 3 is 2.50 bits per heavy atom. The van der Waals surface area contributed by atoms with Crippen LogP contribution in [0.2, 0.25) is 5.02 Å². The molecule has 2 rings (SSSR count). The lowest BCUT2D eigenvalue weighted by atomic mass is 10.1. The first kappa shape index (κ1) is 14.2. The Hall–Kier alpha value is -2.18. The average Bonchev–Trinajstić information content (AvgIpc) is 2.48.